The maximum Gasteiger partial charge on any atom is 0.0836 e. The van der Waals surface area contributed by atoms with Gasteiger partial charge in [-0.3, -0.25) is 0 Å². The van der Waals surface area contributed by atoms with Gasteiger partial charge in [-0.2, -0.15) is 0 Å². The van der Waals surface area contributed by atoms with Crippen molar-refractivity contribution in [3.05, 3.63) is 6.61 Å². The molecule has 0 fully saturated rings. The summed E-state index contributed by atoms with van der Waals surface area (Å²) in [6.07, 6.45) is 17.5. The molecule has 0 spiro atoms. The van der Waals surface area contributed by atoms with Crippen molar-refractivity contribution in [2.75, 3.05) is 6.61 Å². The maximum atomic E-state index is 5.54. The lowest BCUT2D eigenvalue weighted by Gasteiger charge is -2.04. The van der Waals surface area contributed by atoms with Gasteiger partial charge in [-0.1, -0.05) is 84.5 Å². The smallest absolute Gasteiger partial charge is 0.0836 e. The second-order valence-electron chi connectivity index (χ2n) is 5.36. The van der Waals surface area contributed by atoms with Crippen LogP contribution >= 0.6 is 0 Å². The van der Waals surface area contributed by atoms with E-state index >= 15 is 0 Å². The molecule has 0 aromatic rings. The second kappa shape index (κ2) is 17.0. The van der Waals surface area contributed by atoms with E-state index in [1.165, 1.54) is 77.0 Å². The number of hydrogen-bond acceptors (Lipinski definition) is 1. The lowest BCUT2D eigenvalue weighted by atomic mass is 10.1. The third-order valence-corrected chi connectivity index (χ3v) is 3.41. The Bertz CT molecular complexity index is 118. The van der Waals surface area contributed by atoms with E-state index in [1.807, 2.05) is 6.61 Å². The molecule has 0 atom stereocenters. The zero-order chi connectivity index (χ0) is 13.3. The molecule has 1 nitrogen and oxygen atoms in total. The third-order valence-electron chi connectivity index (χ3n) is 3.41. The summed E-state index contributed by atoms with van der Waals surface area (Å²) >= 11 is 0. The Hall–Kier alpha value is -0.0400. The highest BCUT2D eigenvalue weighted by Gasteiger charge is 1.93. The first kappa shape index (κ1) is 18.0. The molecule has 0 heterocycles. The van der Waals surface area contributed by atoms with Crippen molar-refractivity contribution < 1.29 is 4.74 Å². The summed E-state index contributed by atoms with van der Waals surface area (Å²) in [4.78, 5) is 0. The highest BCUT2D eigenvalue weighted by molar-refractivity contribution is 4.53. The Balaban J connectivity index is 2.86. The quantitative estimate of drug-likeness (QED) is 0.313. The minimum atomic E-state index is 0.932. The summed E-state index contributed by atoms with van der Waals surface area (Å²) in [5, 5.41) is 0. The molecule has 0 unspecified atom stereocenters. The first-order chi connectivity index (χ1) is 8.91. The van der Waals surface area contributed by atoms with Crippen LogP contribution in [-0.4, -0.2) is 6.61 Å². The van der Waals surface area contributed by atoms with E-state index in [4.69, 9.17) is 4.74 Å². The van der Waals surface area contributed by atoms with E-state index < -0.39 is 0 Å². The topological polar surface area (TPSA) is 9.23 Å². The molecule has 109 valence electrons. The standard InChI is InChI=1S/C17H35O/c1-3-5-7-9-11-13-15-17-18-16-14-12-10-8-6-4-2/h17H,3-16H2,1-2H3. The Morgan fingerprint density at radius 2 is 1.11 bits per heavy atom. The molecule has 0 saturated heterocycles. The van der Waals surface area contributed by atoms with Crippen molar-refractivity contribution in [3.8, 4) is 0 Å². The van der Waals surface area contributed by atoms with Crippen LogP contribution in [0.5, 0.6) is 0 Å². The van der Waals surface area contributed by atoms with Gasteiger partial charge in [-0.25, -0.2) is 0 Å². The average Bonchev–Trinajstić information content (AvgIpc) is 2.39. The van der Waals surface area contributed by atoms with Crippen molar-refractivity contribution in [2.24, 2.45) is 0 Å². The predicted octanol–water partition coefficient (Wildman–Crippen LogP) is 6.28. The Morgan fingerprint density at radius 3 is 1.72 bits per heavy atom. The summed E-state index contributed by atoms with van der Waals surface area (Å²) in [6, 6.07) is 0. The van der Waals surface area contributed by atoms with Crippen LogP contribution in [0.25, 0.3) is 0 Å². The summed E-state index contributed by atoms with van der Waals surface area (Å²) in [6.45, 7) is 7.50. The molecular formula is C17H35O. The molecule has 0 bridgehead atoms. The van der Waals surface area contributed by atoms with Gasteiger partial charge in [0.2, 0.25) is 0 Å². The largest absolute Gasteiger partial charge is 0.376 e. The average molecular weight is 255 g/mol. The zero-order valence-corrected chi connectivity index (χ0v) is 12.9. The third kappa shape index (κ3) is 16.0. The Labute approximate surface area is 116 Å². The fourth-order valence-corrected chi connectivity index (χ4v) is 2.14. The van der Waals surface area contributed by atoms with Gasteiger partial charge in [0.05, 0.1) is 6.61 Å². The van der Waals surface area contributed by atoms with Gasteiger partial charge in [0.1, 0.15) is 0 Å². The van der Waals surface area contributed by atoms with Gasteiger partial charge in [0.15, 0.2) is 0 Å². The van der Waals surface area contributed by atoms with Gasteiger partial charge < -0.3 is 4.74 Å². The van der Waals surface area contributed by atoms with Crippen LogP contribution in [0.3, 0.4) is 0 Å². The van der Waals surface area contributed by atoms with E-state index in [0.717, 1.165) is 13.0 Å². The molecule has 0 saturated carbocycles. The first-order valence-electron chi connectivity index (χ1n) is 8.35. The summed E-state index contributed by atoms with van der Waals surface area (Å²) in [5.41, 5.74) is 0. The van der Waals surface area contributed by atoms with Crippen molar-refractivity contribution in [1.82, 2.24) is 0 Å². The van der Waals surface area contributed by atoms with Crippen LogP contribution in [0.15, 0.2) is 0 Å². The minimum absolute atomic E-state index is 0.932. The van der Waals surface area contributed by atoms with E-state index in [-0.39, 0.29) is 0 Å². The summed E-state index contributed by atoms with van der Waals surface area (Å²) in [5.74, 6) is 0. The van der Waals surface area contributed by atoms with Crippen molar-refractivity contribution in [3.63, 3.8) is 0 Å². The molecule has 1 radical (unpaired) electrons. The molecule has 0 aromatic carbocycles. The first-order valence-corrected chi connectivity index (χ1v) is 8.35. The molecule has 0 aliphatic heterocycles. The van der Waals surface area contributed by atoms with Gasteiger partial charge in [-0.05, 0) is 12.8 Å². The van der Waals surface area contributed by atoms with Crippen LogP contribution < -0.4 is 0 Å². The molecular weight excluding hydrogens is 220 g/mol. The molecule has 0 aliphatic rings. The van der Waals surface area contributed by atoms with Crippen LogP contribution in [0.2, 0.25) is 0 Å². The van der Waals surface area contributed by atoms with E-state index in [9.17, 15) is 0 Å². The zero-order valence-electron chi connectivity index (χ0n) is 12.9. The number of unbranched alkanes of at least 4 members (excludes halogenated alkanes) is 11. The molecule has 0 aromatic heterocycles. The van der Waals surface area contributed by atoms with Crippen LogP contribution in [0.1, 0.15) is 97.3 Å². The minimum Gasteiger partial charge on any atom is -0.376 e. The van der Waals surface area contributed by atoms with Gasteiger partial charge in [-0.15, -0.1) is 0 Å². The molecule has 0 aliphatic carbocycles. The van der Waals surface area contributed by atoms with E-state index in [0.29, 0.717) is 0 Å². The SMILES string of the molecule is CCCCCCCC[CH]OCCCCCCCC. The lowest BCUT2D eigenvalue weighted by molar-refractivity contribution is 0.183. The molecule has 0 N–H and O–H groups in total. The Kier molecular flexibility index (Phi) is 16.9. The Morgan fingerprint density at radius 1 is 0.611 bits per heavy atom. The fourth-order valence-electron chi connectivity index (χ4n) is 2.14. The molecule has 18 heavy (non-hydrogen) atoms. The van der Waals surface area contributed by atoms with Crippen LogP contribution in [0, 0.1) is 6.61 Å². The van der Waals surface area contributed by atoms with Crippen LogP contribution in [0.4, 0.5) is 0 Å². The van der Waals surface area contributed by atoms with E-state index in [2.05, 4.69) is 13.8 Å². The van der Waals surface area contributed by atoms with Gasteiger partial charge in [0, 0.05) is 6.61 Å². The molecule has 0 amide bonds. The summed E-state index contributed by atoms with van der Waals surface area (Å²) < 4.78 is 5.54. The second-order valence-corrected chi connectivity index (χ2v) is 5.36. The van der Waals surface area contributed by atoms with Crippen molar-refractivity contribution in [2.45, 2.75) is 97.3 Å². The van der Waals surface area contributed by atoms with Crippen molar-refractivity contribution in [1.29, 1.82) is 0 Å². The molecule has 0 rings (SSSR count). The normalized spacial score (nSPS) is 11.0. The highest BCUT2D eigenvalue weighted by Crippen LogP contribution is 2.09. The summed E-state index contributed by atoms with van der Waals surface area (Å²) in [7, 11) is 0. The monoisotopic (exact) mass is 255 g/mol. The highest BCUT2D eigenvalue weighted by atomic mass is 16.5. The number of ether oxygens (including phenoxy) is 1. The predicted molar refractivity (Wildman–Crippen MR) is 81.6 cm³/mol. The maximum absolute atomic E-state index is 5.54. The van der Waals surface area contributed by atoms with E-state index in [1.54, 1.807) is 0 Å². The van der Waals surface area contributed by atoms with Crippen molar-refractivity contribution >= 4 is 0 Å². The fraction of sp³-hybridized carbons (Fsp3) is 0.941. The molecule has 1 heteroatoms. The number of rotatable bonds is 15. The number of hydrogen-bond donors (Lipinski definition) is 0. The van der Waals surface area contributed by atoms with Gasteiger partial charge in [0.25, 0.3) is 0 Å². The van der Waals surface area contributed by atoms with Crippen LogP contribution in [-0.2, 0) is 4.74 Å². The lowest BCUT2D eigenvalue weighted by Crippen LogP contribution is -1.92. The van der Waals surface area contributed by atoms with Gasteiger partial charge >= 0.3 is 0 Å².